The number of aromatic nitrogens is 3. The number of aliphatic hydroxyl groups is 1. The predicted octanol–water partition coefficient (Wildman–Crippen LogP) is 3.29. The van der Waals surface area contributed by atoms with E-state index in [0.29, 0.717) is 42.8 Å². The number of hydrogen-bond acceptors (Lipinski definition) is 6. The fraction of sp³-hybridized carbons (Fsp3) is 0.455. The Labute approximate surface area is 174 Å². The molecule has 7 nitrogen and oxygen atoms in total. The molecule has 3 heterocycles. The Balaban J connectivity index is 1.52. The topological polar surface area (TPSA) is 83.7 Å². The van der Waals surface area contributed by atoms with Crippen molar-refractivity contribution in [3.05, 3.63) is 47.4 Å². The lowest BCUT2D eigenvalue weighted by Gasteiger charge is -2.27. The molecule has 1 aliphatic heterocycles. The van der Waals surface area contributed by atoms with Crippen molar-refractivity contribution < 1.29 is 14.2 Å². The second kappa shape index (κ2) is 7.85. The molecule has 0 amide bonds. The van der Waals surface area contributed by atoms with Gasteiger partial charge in [-0.05, 0) is 49.4 Å². The number of piperidine rings is 1. The lowest BCUT2D eigenvalue weighted by molar-refractivity contribution is 0.0637. The minimum atomic E-state index is -0.430. The van der Waals surface area contributed by atoms with E-state index in [0.717, 1.165) is 29.6 Å². The average Bonchev–Trinajstić information content (AvgIpc) is 3.03. The molecule has 5 rings (SSSR count). The second-order valence-corrected chi connectivity index (χ2v) is 8.37. The number of aliphatic hydroxyl groups excluding tert-OH is 1. The van der Waals surface area contributed by atoms with Gasteiger partial charge in [0, 0.05) is 36.8 Å². The monoisotopic (exact) mass is 411 g/mol. The Morgan fingerprint density at radius 2 is 2.10 bits per heavy atom. The van der Waals surface area contributed by atoms with Gasteiger partial charge in [0.15, 0.2) is 5.65 Å². The molecule has 2 aromatic heterocycles. The van der Waals surface area contributed by atoms with Crippen molar-refractivity contribution in [1.29, 1.82) is 0 Å². The van der Waals surface area contributed by atoms with Crippen LogP contribution < -0.4 is 15.4 Å². The van der Waals surface area contributed by atoms with Gasteiger partial charge in [0.25, 0.3) is 0 Å². The quantitative estimate of drug-likeness (QED) is 0.598. The van der Waals surface area contributed by atoms with Gasteiger partial charge >= 0.3 is 0 Å². The van der Waals surface area contributed by atoms with Crippen LogP contribution in [0.2, 0.25) is 0 Å². The molecule has 1 aromatic carbocycles. The van der Waals surface area contributed by atoms with Crippen molar-refractivity contribution >= 4 is 17.2 Å². The van der Waals surface area contributed by atoms with Gasteiger partial charge in [0.1, 0.15) is 17.7 Å². The van der Waals surface area contributed by atoms with E-state index in [1.807, 2.05) is 19.2 Å². The molecular formula is C22H26FN5O2. The molecule has 0 unspecified atom stereocenters. The Morgan fingerprint density at radius 3 is 2.83 bits per heavy atom. The van der Waals surface area contributed by atoms with Crippen LogP contribution in [0, 0.1) is 12.7 Å². The number of fused-ring (bicyclic) bond motifs is 1. The standard InChI is InChI=1S/C22H26FN5O2/c1-13-5-15(23)7-16(6-13)26-20-9-21(30-18-8-17(29)10-24-11-18)27-22-19(12-25-28(20)22)14-3-2-4-14/h5-7,9,12,14,17-18,24,26,29H,2-4,8,10-11H2,1H3/t17-,18-/m0/s1. The van der Waals surface area contributed by atoms with Crippen LogP contribution >= 0.6 is 0 Å². The maximum atomic E-state index is 13.9. The first-order valence-corrected chi connectivity index (χ1v) is 10.5. The molecule has 158 valence electrons. The Bertz CT molecular complexity index is 1040. The smallest absolute Gasteiger partial charge is 0.219 e. The fourth-order valence-electron chi connectivity index (χ4n) is 4.21. The average molecular weight is 411 g/mol. The highest BCUT2D eigenvalue weighted by atomic mass is 19.1. The summed E-state index contributed by atoms with van der Waals surface area (Å²) in [4.78, 5) is 4.75. The number of hydrogen-bond donors (Lipinski definition) is 3. The zero-order valence-corrected chi connectivity index (χ0v) is 16.9. The number of rotatable bonds is 5. The van der Waals surface area contributed by atoms with E-state index in [2.05, 4.69) is 15.7 Å². The Kier molecular flexibility index (Phi) is 5.04. The first kappa shape index (κ1) is 19.3. The number of aryl methyl sites for hydroxylation is 1. The van der Waals surface area contributed by atoms with Crippen molar-refractivity contribution in [3.8, 4) is 5.88 Å². The number of benzene rings is 1. The van der Waals surface area contributed by atoms with Gasteiger partial charge in [-0.25, -0.2) is 4.39 Å². The molecule has 1 saturated heterocycles. The first-order valence-electron chi connectivity index (χ1n) is 10.5. The number of ether oxygens (including phenoxy) is 1. The van der Waals surface area contributed by atoms with E-state index in [9.17, 15) is 9.50 Å². The largest absolute Gasteiger partial charge is 0.473 e. The van der Waals surface area contributed by atoms with Gasteiger partial charge in [-0.1, -0.05) is 6.42 Å². The molecule has 30 heavy (non-hydrogen) atoms. The van der Waals surface area contributed by atoms with Gasteiger partial charge in [-0.2, -0.15) is 14.6 Å². The maximum Gasteiger partial charge on any atom is 0.219 e. The molecule has 8 heteroatoms. The third-order valence-electron chi connectivity index (χ3n) is 5.91. The lowest BCUT2D eigenvalue weighted by atomic mass is 9.81. The zero-order chi connectivity index (χ0) is 20.7. The van der Waals surface area contributed by atoms with Crippen molar-refractivity contribution in [3.63, 3.8) is 0 Å². The van der Waals surface area contributed by atoms with E-state index in [1.165, 1.54) is 18.6 Å². The summed E-state index contributed by atoms with van der Waals surface area (Å²) >= 11 is 0. The van der Waals surface area contributed by atoms with Crippen LogP contribution in [0.5, 0.6) is 5.88 Å². The molecule has 1 saturated carbocycles. The highest BCUT2D eigenvalue weighted by molar-refractivity contribution is 5.63. The summed E-state index contributed by atoms with van der Waals surface area (Å²) in [7, 11) is 0. The summed E-state index contributed by atoms with van der Waals surface area (Å²) < 4.78 is 21.8. The molecule has 1 aliphatic carbocycles. The number of halogens is 1. The normalized spacial score (nSPS) is 22.1. The van der Waals surface area contributed by atoms with Gasteiger partial charge in [-0.15, -0.1) is 0 Å². The van der Waals surface area contributed by atoms with Crippen molar-refractivity contribution in [1.82, 2.24) is 19.9 Å². The number of β-amino-alcohol motifs (C(OH)–C–C–N with tert-alkyl or cyclic N) is 1. The van der Waals surface area contributed by atoms with E-state index >= 15 is 0 Å². The molecule has 2 atom stereocenters. The number of anilines is 2. The molecule has 3 N–H and O–H groups in total. The fourth-order valence-corrected chi connectivity index (χ4v) is 4.21. The van der Waals surface area contributed by atoms with Gasteiger partial charge in [-0.3, -0.25) is 0 Å². The van der Waals surface area contributed by atoms with Crippen LogP contribution in [-0.4, -0.2) is 45.0 Å². The molecule has 0 spiro atoms. The molecule has 3 aromatic rings. The summed E-state index contributed by atoms with van der Waals surface area (Å²) in [5.41, 5.74) is 3.35. The summed E-state index contributed by atoms with van der Waals surface area (Å²) in [6, 6.07) is 6.61. The third-order valence-corrected chi connectivity index (χ3v) is 5.91. The molecule has 2 aliphatic rings. The number of nitrogens with zero attached hydrogens (tertiary/aromatic N) is 3. The SMILES string of the molecule is Cc1cc(F)cc(Nc2cc(O[C@@H]3CNC[C@@H](O)C3)nc3c(C4CCC4)cnn23)c1. The van der Waals surface area contributed by atoms with E-state index in [-0.39, 0.29) is 11.9 Å². The third kappa shape index (κ3) is 3.85. The van der Waals surface area contributed by atoms with Crippen LogP contribution in [0.25, 0.3) is 5.65 Å². The van der Waals surface area contributed by atoms with Crippen molar-refractivity contribution in [2.45, 2.75) is 50.7 Å². The van der Waals surface area contributed by atoms with Gasteiger partial charge < -0.3 is 20.5 Å². The maximum absolute atomic E-state index is 13.9. The molecule has 0 radical (unpaired) electrons. The van der Waals surface area contributed by atoms with Crippen LogP contribution in [0.4, 0.5) is 15.9 Å². The highest BCUT2D eigenvalue weighted by Gasteiger charge is 2.26. The summed E-state index contributed by atoms with van der Waals surface area (Å²) in [6.07, 6.45) is 5.34. The molecule has 0 bridgehead atoms. The van der Waals surface area contributed by atoms with Crippen LogP contribution in [0.15, 0.2) is 30.5 Å². The minimum absolute atomic E-state index is 0.164. The Morgan fingerprint density at radius 1 is 1.23 bits per heavy atom. The molecule has 2 fully saturated rings. The van der Waals surface area contributed by atoms with Crippen LogP contribution in [0.1, 0.15) is 42.7 Å². The second-order valence-electron chi connectivity index (χ2n) is 8.37. The summed E-state index contributed by atoms with van der Waals surface area (Å²) in [6.45, 7) is 3.09. The summed E-state index contributed by atoms with van der Waals surface area (Å²) in [5.74, 6) is 1.31. The van der Waals surface area contributed by atoms with Gasteiger partial charge in [0.2, 0.25) is 5.88 Å². The number of nitrogens with one attached hydrogen (secondary N) is 2. The van der Waals surface area contributed by atoms with Crippen LogP contribution in [-0.2, 0) is 0 Å². The Hall–Kier alpha value is -2.71. The molecular weight excluding hydrogens is 385 g/mol. The first-order chi connectivity index (χ1) is 14.5. The van der Waals surface area contributed by atoms with E-state index < -0.39 is 6.10 Å². The van der Waals surface area contributed by atoms with E-state index in [1.54, 1.807) is 10.6 Å². The lowest BCUT2D eigenvalue weighted by Crippen LogP contribution is -2.44. The van der Waals surface area contributed by atoms with Crippen molar-refractivity contribution in [2.75, 3.05) is 18.4 Å². The van der Waals surface area contributed by atoms with Crippen LogP contribution in [0.3, 0.4) is 0 Å². The van der Waals surface area contributed by atoms with E-state index in [4.69, 9.17) is 9.72 Å². The van der Waals surface area contributed by atoms with Crippen molar-refractivity contribution in [2.24, 2.45) is 0 Å². The summed E-state index contributed by atoms with van der Waals surface area (Å²) in [5, 5.41) is 20.9. The van der Waals surface area contributed by atoms with Gasteiger partial charge in [0.05, 0.1) is 12.3 Å². The highest BCUT2D eigenvalue weighted by Crippen LogP contribution is 2.39. The predicted molar refractivity (Wildman–Crippen MR) is 112 cm³/mol. The zero-order valence-electron chi connectivity index (χ0n) is 16.9. The minimum Gasteiger partial charge on any atom is -0.473 e.